The van der Waals surface area contributed by atoms with Crippen LogP contribution < -0.4 is 4.90 Å². The zero-order chi connectivity index (χ0) is 22.1. The maximum Gasteiger partial charge on any atom is 0.254 e. The fourth-order valence-corrected chi connectivity index (χ4v) is 5.20. The molecular formula is C25H20ClN3O2S. The van der Waals surface area contributed by atoms with Crippen molar-refractivity contribution in [2.24, 2.45) is 0 Å². The van der Waals surface area contributed by atoms with E-state index in [1.807, 2.05) is 41.3 Å². The van der Waals surface area contributed by atoms with E-state index in [0.29, 0.717) is 47.9 Å². The minimum Gasteiger partial charge on any atom is -0.345 e. The van der Waals surface area contributed by atoms with E-state index < -0.39 is 0 Å². The van der Waals surface area contributed by atoms with E-state index in [1.54, 1.807) is 47.7 Å². The molecule has 0 N–H and O–H groups in total. The van der Waals surface area contributed by atoms with Gasteiger partial charge in [0.1, 0.15) is 0 Å². The van der Waals surface area contributed by atoms with Gasteiger partial charge in [-0.15, -0.1) is 0 Å². The van der Waals surface area contributed by atoms with Crippen molar-refractivity contribution in [3.63, 3.8) is 0 Å². The third-order valence-electron chi connectivity index (χ3n) is 5.61. The van der Waals surface area contributed by atoms with Gasteiger partial charge < -0.3 is 9.80 Å². The van der Waals surface area contributed by atoms with Crippen LogP contribution in [-0.2, 0) is 0 Å². The summed E-state index contributed by atoms with van der Waals surface area (Å²) in [5.74, 6) is -0.248. The molecule has 0 aliphatic carbocycles. The van der Waals surface area contributed by atoms with Crippen molar-refractivity contribution < 1.29 is 9.59 Å². The van der Waals surface area contributed by atoms with Gasteiger partial charge in [-0.2, -0.15) is 0 Å². The van der Waals surface area contributed by atoms with Crippen LogP contribution in [0.2, 0.25) is 5.02 Å². The summed E-state index contributed by atoms with van der Waals surface area (Å²) in [5.41, 5.74) is 2.40. The maximum absolute atomic E-state index is 13.3. The largest absolute Gasteiger partial charge is 0.345 e. The van der Waals surface area contributed by atoms with Gasteiger partial charge in [0, 0.05) is 42.3 Å². The molecule has 1 aromatic heterocycles. The van der Waals surface area contributed by atoms with E-state index in [2.05, 4.69) is 4.90 Å². The average molecular weight is 462 g/mol. The van der Waals surface area contributed by atoms with Gasteiger partial charge in [-0.25, -0.2) is 4.98 Å². The Morgan fingerprint density at radius 2 is 1.53 bits per heavy atom. The first kappa shape index (κ1) is 20.7. The number of fused-ring (bicyclic) bond motifs is 1. The Labute approximate surface area is 194 Å². The number of hydrogen-bond acceptors (Lipinski definition) is 5. The molecule has 4 aromatic rings. The third-order valence-corrected chi connectivity index (χ3v) is 6.93. The summed E-state index contributed by atoms with van der Waals surface area (Å²) in [5, 5.41) is 1.64. The van der Waals surface area contributed by atoms with Crippen molar-refractivity contribution in [2.75, 3.05) is 31.1 Å². The van der Waals surface area contributed by atoms with Crippen LogP contribution in [0.1, 0.15) is 26.3 Å². The van der Waals surface area contributed by atoms with Gasteiger partial charge in [-0.3, -0.25) is 9.59 Å². The first-order valence-electron chi connectivity index (χ1n) is 10.4. The fourth-order valence-electron chi connectivity index (χ4n) is 3.91. The average Bonchev–Trinajstić information content (AvgIpc) is 3.27. The summed E-state index contributed by atoms with van der Waals surface area (Å²) in [6.45, 7) is 2.52. The molecule has 1 aliphatic heterocycles. The maximum atomic E-state index is 13.3. The minimum absolute atomic E-state index is 0.111. The number of rotatable bonds is 4. The molecule has 5 rings (SSSR count). The number of piperazine rings is 1. The third kappa shape index (κ3) is 3.99. The lowest BCUT2D eigenvalue weighted by molar-refractivity contribution is 0.0742. The van der Waals surface area contributed by atoms with Crippen molar-refractivity contribution in [1.29, 1.82) is 0 Å². The highest BCUT2D eigenvalue weighted by molar-refractivity contribution is 7.22. The summed E-state index contributed by atoms with van der Waals surface area (Å²) in [6.07, 6.45) is 0. The first-order valence-corrected chi connectivity index (χ1v) is 11.6. The molecule has 0 unspecified atom stereocenters. The number of aromatic nitrogens is 1. The van der Waals surface area contributed by atoms with E-state index in [0.717, 1.165) is 15.3 Å². The summed E-state index contributed by atoms with van der Waals surface area (Å²) >= 11 is 7.71. The fraction of sp³-hybridized carbons (Fsp3) is 0.160. The second kappa shape index (κ2) is 8.73. The smallest absolute Gasteiger partial charge is 0.254 e. The Balaban J connectivity index is 1.32. The highest BCUT2D eigenvalue weighted by Crippen LogP contribution is 2.31. The molecule has 7 heteroatoms. The molecule has 0 saturated carbocycles. The number of amides is 1. The van der Waals surface area contributed by atoms with Crippen LogP contribution in [-0.4, -0.2) is 47.8 Å². The van der Waals surface area contributed by atoms with E-state index in [1.165, 1.54) is 0 Å². The number of carbonyl (C=O) groups is 2. The molecule has 0 spiro atoms. The zero-order valence-electron chi connectivity index (χ0n) is 17.2. The SMILES string of the molecule is O=C(c1ccccc1)c1ccccc1C(=O)N1CCN(c2nc3ccc(Cl)cc3s2)CC1. The van der Waals surface area contributed by atoms with Crippen LogP contribution in [0, 0.1) is 0 Å². The van der Waals surface area contributed by atoms with Crippen LogP contribution in [0.3, 0.4) is 0 Å². The highest BCUT2D eigenvalue weighted by atomic mass is 35.5. The Bertz CT molecular complexity index is 1300. The molecule has 0 radical (unpaired) electrons. The van der Waals surface area contributed by atoms with Crippen LogP contribution in [0.4, 0.5) is 5.13 Å². The van der Waals surface area contributed by atoms with Crippen molar-refractivity contribution in [1.82, 2.24) is 9.88 Å². The van der Waals surface area contributed by atoms with Crippen LogP contribution >= 0.6 is 22.9 Å². The summed E-state index contributed by atoms with van der Waals surface area (Å²) in [7, 11) is 0. The Kier molecular flexibility index (Phi) is 5.64. The van der Waals surface area contributed by atoms with Crippen LogP contribution in [0.15, 0.2) is 72.8 Å². The molecule has 2 heterocycles. The van der Waals surface area contributed by atoms with E-state index in [-0.39, 0.29) is 11.7 Å². The predicted octanol–water partition coefficient (Wildman–Crippen LogP) is 5.14. The monoisotopic (exact) mass is 461 g/mol. The second-order valence-electron chi connectivity index (χ2n) is 7.63. The number of ketones is 1. The standard InChI is InChI=1S/C25H20ClN3O2S/c26-18-10-11-21-22(16-18)32-25(27-21)29-14-12-28(13-15-29)24(31)20-9-5-4-8-19(20)23(30)17-6-2-1-3-7-17/h1-11,16H,12-15H2. The first-order chi connectivity index (χ1) is 15.6. The molecule has 5 nitrogen and oxygen atoms in total. The number of anilines is 1. The molecule has 3 aromatic carbocycles. The summed E-state index contributed by atoms with van der Waals surface area (Å²) in [6, 6.07) is 21.8. The Morgan fingerprint density at radius 3 is 2.28 bits per heavy atom. The predicted molar refractivity (Wildman–Crippen MR) is 129 cm³/mol. The van der Waals surface area contributed by atoms with Crippen LogP contribution in [0.5, 0.6) is 0 Å². The van der Waals surface area contributed by atoms with E-state index in [4.69, 9.17) is 16.6 Å². The van der Waals surface area contributed by atoms with Gasteiger partial charge in [-0.05, 0) is 24.3 Å². The number of hydrogen-bond donors (Lipinski definition) is 0. The summed E-state index contributed by atoms with van der Waals surface area (Å²) in [4.78, 5) is 35.0. The van der Waals surface area contributed by atoms with Gasteiger partial charge in [0.15, 0.2) is 10.9 Å². The lowest BCUT2D eigenvalue weighted by atomic mass is 9.97. The quantitative estimate of drug-likeness (QED) is 0.395. The molecule has 1 fully saturated rings. The van der Waals surface area contributed by atoms with Gasteiger partial charge in [-0.1, -0.05) is 71.5 Å². The number of halogens is 1. The summed E-state index contributed by atoms with van der Waals surface area (Å²) < 4.78 is 1.05. The van der Waals surface area contributed by atoms with E-state index in [9.17, 15) is 9.59 Å². The highest BCUT2D eigenvalue weighted by Gasteiger charge is 2.26. The minimum atomic E-state index is -0.138. The molecular weight excluding hydrogens is 442 g/mol. The molecule has 1 amide bonds. The van der Waals surface area contributed by atoms with Gasteiger partial charge in [0.2, 0.25) is 0 Å². The Morgan fingerprint density at radius 1 is 0.844 bits per heavy atom. The number of nitrogens with zero attached hydrogens (tertiary/aromatic N) is 3. The van der Waals surface area contributed by atoms with Gasteiger partial charge >= 0.3 is 0 Å². The molecule has 160 valence electrons. The van der Waals surface area contributed by atoms with Gasteiger partial charge in [0.25, 0.3) is 5.91 Å². The Hall–Kier alpha value is -3.22. The van der Waals surface area contributed by atoms with Crippen molar-refractivity contribution in [3.05, 3.63) is 94.5 Å². The lowest BCUT2D eigenvalue weighted by Gasteiger charge is -2.34. The zero-order valence-corrected chi connectivity index (χ0v) is 18.8. The second-order valence-corrected chi connectivity index (χ2v) is 9.07. The lowest BCUT2D eigenvalue weighted by Crippen LogP contribution is -2.49. The van der Waals surface area contributed by atoms with Crippen molar-refractivity contribution in [3.8, 4) is 0 Å². The topological polar surface area (TPSA) is 53.5 Å². The molecule has 1 aliphatic rings. The number of thiazole rings is 1. The number of carbonyl (C=O) groups excluding carboxylic acids is 2. The number of benzene rings is 3. The normalized spacial score (nSPS) is 14.0. The van der Waals surface area contributed by atoms with Crippen molar-refractivity contribution >= 4 is 50.0 Å². The van der Waals surface area contributed by atoms with E-state index >= 15 is 0 Å². The van der Waals surface area contributed by atoms with Crippen molar-refractivity contribution in [2.45, 2.75) is 0 Å². The molecule has 0 bridgehead atoms. The molecule has 0 atom stereocenters. The van der Waals surface area contributed by atoms with Gasteiger partial charge in [0.05, 0.1) is 15.8 Å². The molecule has 32 heavy (non-hydrogen) atoms. The van der Waals surface area contributed by atoms with Crippen LogP contribution in [0.25, 0.3) is 10.2 Å². The molecule has 1 saturated heterocycles.